The van der Waals surface area contributed by atoms with Crippen LogP contribution >= 0.6 is 11.3 Å². The lowest BCUT2D eigenvalue weighted by atomic mass is 9.87. The summed E-state index contributed by atoms with van der Waals surface area (Å²) in [5.74, 6) is 0. The van der Waals surface area contributed by atoms with E-state index in [-0.39, 0.29) is 5.41 Å². The van der Waals surface area contributed by atoms with Crippen molar-refractivity contribution in [1.29, 1.82) is 0 Å². The van der Waals surface area contributed by atoms with Gasteiger partial charge in [-0.15, -0.1) is 11.3 Å². The Hall–Kier alpha value is -2.32. The van der Waals surface area contributed by atoms with Crippen molar-refractivity contribution in [2.45, 2.75) is 26.2 Å². The topological polar surface area (TPSA) is 4.93 Å². The number of aryl methyl sites for hydroxylation is 1. The lowest BCUT2D eigenvalue weighted by Crippen LogP contribution is -2.10. The fraction of sp³-hybridized carbons (Fsp3) is 0.217. The van der Waals surface area contributed by atoms with Crippen LogP contribution in [0.5, 0.6) is 0 Å². The number of nitrogens with zero attached hydrogens (tertiary/aromatic N) is 1. The Labute approximate surface area is 151 Å². The average molecular weight is 343 g/mol. The highest BCUT2D eigenvalue weighted by atomic mass is 32.1. The minimum absolute atomic E-state index is 0.180. The molecule has 3 aromatic carbocycles. The third kappa shape index (κ3) is 2.01. The minimum Gasteiger partial charge on any atom is -0.343 e. The van der Waals surface area contributed by atoms with Crippen LogP contribution in [0.25, 0.3) is 42.0 Å². The van der Waals surface area contributed by atoms with Gasteiger partial charge in [0.25, 0.3) is 0 Å². The molecule has 0 unspecified atom stereocenters. The zero-order chi connectivity index (χ0) is 17.3. The second-order valence-corrected chi connectivity index (χ2v) is 9.06. The van der Waals surface area contributed by atoms with Crippen LogP contribution in [0, 0.1) is 0 Å². The molecule has 0 radical (unpaired) electrons. The third-order valence-electron chi connectivity index (χ3n) is 5.37. The molecule has 0 fully saturated rings. The highest BCUT2D eigenvalue weighted by molar-refractivity contribution is 7.26. The molecule has 1 nitrogen and oxygen atoms in total. The summed E-state index contributed by atoms with van der Waals surface area (Å²) in [6.07, 6.45) is 0. The van der Waals surface area contributed by atoms with Crippen molar-refractivity contribution in [3.05, 3.63) is 60.2 Å². The highest BCUT2D eigenvalue weighted by Crippen LogP contribution is 2.42. The lowest BCUT2D eigenvalue weighted by molar-refractivity contribution is 0.591. The van der Waals surface area contributed by atoms with Crippen LogP contribution in [0.15, 0.2) is 54.6 Å². The highest BCUT2D eigenvalue weighted by Gasteiger charge is 2.18. The fourth-order valence-corrected chi connectivity index (χ4v) is 5.14. The van der Waals surface area contributed by atoms with Crippen molar-refractivity contribution in [2.75, 3.05) is 0 Å². The summed E-state index contributed by atoms with van der Waals surface area (Å²) in [6, 6.07) is 20.3. The van der Waals surface area contributed by atoms with E-state index in [1.165, 1.54) is 47.5 Å². The standard InChI is InChI=1S/C23H21NS/c1-23(2,3)14-9-10-17-20(13-14)25-19-12-11-16-15-7-5-6-8-18(15)24(4)22(16)21(17)19/h5-13H,1-4H3. The number of para-hydroxylation sites is 1. The van der Waals surface area contributed by atoms with Gasteiger partial charge in [-0.05, 0) is 29.2 Å². The summed E-state index contributed by atoms with van der Waals surface area (Å²) < 4.78 is 5.12. The molecule has 0 bridgehead atoms. The smallest absolute Gasteiger partial charge is 0.0583 e. The predicted octanol–water partition coefficient (Wildman–Crippen LogP) is 7.00. The van der Waals surface area contributed by atoms with Crippen LogP contribution in [-0.4, -0.2) is 4.57 Å². The van der Waals surface area contributed by atoms with Gasteiger partial charge in [0.2, 0.25) is 0 Å². The van der Waals surface area contributed by atoms with Crippen molar-refractivity contribution in [3.63, 3.8) is 0 Å². The quantitative estimate of drug-likeness (QED) is 0.285. The van der Waals surface area contributed by atoms with E-state index in [9.17, 15) is 0 Å². The summed E-state index contributed by atoms with van der Waals surface area (Å²) in [5, 5.41) is 5.47. The third-order valence-corrected chi connectivity index (χ3v) is 6.49. The Balaban J connectivity index is 1.98. The molecular weight excluding hydrogens is 322 g/mol. The van der Waals surface area contributed by atoms with Crippen molar-refractivity contribution in [2.24, 2.45) is 7.05 Å². The Bertz CT molecular complexity index is 1280. The molecule has 2 aromatic heterocycles. The number of aromatic nitrogens is 1. The molecule has 25 heavy (non-hydrogen) atoms. The SMILES string of the molecule is Cn1c2ccccc2c2ccc3sc4cc(C(C)(C)C)ccc4c3c21. The first-order valence-electron chi connectivity index (χ1n) is 8.78. The predicted molar refractivity (Wildman–Crippen MR) is 112 cm³/mol. The summed E-state index contributed by atoms with van der Waals surface area (Å²) in [6.45, 7) is 6.84. The minimum atomic E-state index is 0.180. The Kier molecular flexibility index (Phi) is 2.91. The van der Waals surface area contributed by atoms with Gasteiger partial charge in [0.05, 0.1) is 5.52 Å². The van der Waals surface area contributed by atoms with E-state index in [0.717, 1.165) is 0 Å². The molecule has 0 saturated carbocycles. The van der Waals surface area contributed by atoms with Gasteiger partial charge >= 0.3 is 0 Å². The van der Waals surface area contributed by atoms with E-state index in [1.807, 2.05) is 11.3 Å². The monoisotopic (exact) mass is 343 g/mol. The largest absolute Gasteiger partial charge is 0.343 e. The number of thiophene rings is 1. The summed E-state index contributed by atoms with van der Waals surface area (Å²) in [5.41, 5.74) is 4.24. The van der Waals surface area contributed by atoms with Crippen molar-refractivity contribution in [1.82, 2.24) is 4.57 Å². The van der Waals surface area contributed by atoms with Crippen LogP contribution < -0.4 is 0 Å². The van der Waals surface area contributed by atoms with Crippen LogP contribution in [0.3, 0.4) is 0 Å². The zero-order valence-corrected chi connectivity index (χ0v) is 15.9. The van der Waals surface area contributed by atoms with Crippen LogP contribution in [-0.2, 0) is 12.5 Å². The second-order valence-electron chi connectivity index (χ2n) is 7.97. The first-order valence-corrected chi connectivity index (χ1v) is 9.60. The van der Waals surface area contributed by atoms with E-state index >= 15 is 0 Å². The Morgan fingerprint density at radius 1 is 0.800 bits per heavy atom. The molecule has 5 rings (SSSR count). The van der Waals surface area contributed by atoms with Gasteiger partial charge in [-0.1, -0.05) is 57.2 Å². The molecule has 0 spiro atoms. The van der Waals surface area contributed by atoms with Crippen molar-refractivity contribution >= 4 is 53.3 Å². The summed E-state index contributed by atoms with van der Waals surface area (Å²) in [7, 11) is 2.19. The maximum atomic E-state index is 2.38. The maximum Gasteiger partial charge on any atom is 0.0583 e. The zero-order valence-electron chi connectivity index (χ0n) is 15.1. The van der Waals surface area contributed by atoms with E-state index in [4.69, 9.17) is 0 Å². The molecule has 0 amide bonds. The summed E-state index contributed by atoms with van der Waals surface area (Å²) >= 11 is 1.91. The van der Waals surface area contributed by atoms with E-state index in [0.29, 0.717) is 0 Å². The van der Waals surface area contributed by atoms with Crippen molar-refractivity contribution < 1.29 is 0 Å². The first kappa shape index (κ1) is 15.0. The van der Waals surface area contributed by atoms with Gasteiger partial charge in [-0.3, -0.25) is 0 Å². The number of rotatable bonds is 0. The summed E-state index contributed by atoms with van der Waals surface area (Å²) in [4.78, 5) is 0. The molecule has 0 aliphatic rings. The molecule has 124 valence electrons. The normalized spacial score (nSPS) is 12.8. The lowest BCUT2D eigenvalue weighted by Gasteiger charge is -2.18. The number of benzene rings is 3. The fourth-order valence-electron chi connectivity index (χ4n) is 4.00. The molecule has 2 heteroatoms. The van der Waals surface area contributed by atoms with Gasteiger partial charge in [0.1, 0.15) is 0 Å². The van der Waals surface area contributed by atoms with Gasteiger partial charge in [0, 0.05) is 43.5 Å². The average Bonchev–Trinajstić information content (AvgIpc) is 3.10. The molecule has 5 aromatic rings. The van der Waals surface area contributed by atoms with E-state index in [1.54, 1.807) is 0 Å². The molecule has 0 aliphatic heterocycles. The number of fused-ring (bicyclic) bond motifs is 7. The van der Waals surface area contributed by atoms with Gasteiger partial charge in [0.15, 0.2) is 0 Å². The van der Waals surface area contributed by atoms with Gasteiger partial charge in [-0.2, -0.15) is 0 Å². The van der Waals surface area contributed by atoms with Crippen LogP contribution in [0.1, 0.15) is 26.3 Å². The molecule has 0 aliphatic carbocycles. The Morgan fingerprint density at radius 3 is 2.36 bits per heavy atom. The molecule has 2 heterocycles. The van der Waals surface area contributed by atoms with Crippen molar-refractivity contribution in [3.8, 4) is 0 Å². The Morgan fingerprint density at radius 2 is 1.56 bits per heavy atom. The van der Waals surface area contributed by atoms with Gasteiger partial charge in [-0.25, -0.2) is 0 Å². The molecule has 0 saturated heterocycles. The maximum absolute atomic E-state index is 2.38. The second kappa shape index (κ2) is 4.86. The number of hydrogen-bond donors (Lipinski definition) is 0. The van der Waals surface area contributed by atoms with E-state index in [2.05, 4.69) is 87.0 Å². The molecule has 0 atom stereocenters. The molecular formula is C23H21NS. The molecule has 0 N–H and O–H groups in total. The first-order chi connectivity index (χ1) is 11.9. The van der Waals surface area contributed by atoms with Gasteiger partial charge < -0.3 is 4.57 Å². The van der Waals surface area contributed by atoms with E-state index < -0.39 is 0 Å². The van der Waals surface area contributed by atoms with Crippen LogP contribution in [0.2, 0.25) is 0 Å². The number of hydrogen-bond acceptors (Lipinski definition) is 1. The van der Waals surface area contributed by atoms with Crippen LogP contribution in [0.4, 0.5) is 0 Å².